The number of allylic oxidation sites excluding steroid dienone is 1. The summed E-state index contributed by atoms with van der Waals surface area (Å²) in [6, 6.07) is 1.94. The second-order valence-corrected chi connectivity index (χ2v) is 7.75. The highest BCUT2D eigenvalue weighted by Gasteiger charge is 2.26. The van der Waals surface area contributed by atoms with Gasteiger partial charge >= 0.3 is 0 Å². The Bertz CT molecular complexity index is 1070. The first-order valence-electron chi connectivity index (χ1n) is 10.1. The van der Waals surface area contributed by atoms with Gasteiger partial charge in [0.2, 0.25) is 18.7 Å². The van der Waals surface area contributed by atoms with Crippen molar-refractivity contribution in [3.05, 3.63) is 53.5 Å². The molecule has 170 valence electrons. The lowest BCUT2D eigenvalue weighted by molar-refractivity contribution is -0.128. The standard InChI is InChI=1S/C21H28N8O3/c1-27(2)20(32)11-29(13-31)18-5-15(14-3-4-14)9-28-10-17(26-21(18)28)8-24-16(7-22)6-19(23)25-12-30/h5-7,9-10,12-14,24H,3-4,8,11,22-23H2,1-2H3,(H,25,30)/b16-7+,19-6+. The van der Waals surface area contributed by atoms with Crippen LogP contribution in [0.25, 0.3) is 5.65 Å². The number of fused-ring (bicyclic) bond motifs is 1. The van der Waals surface area contributed by atoms with E-state index in [4.69, 9.17) is 11.5 Å². The lowest BCUT2D eigenvalue weighted by Crippen LogP contribution is -2.36. The zero-order chi connectivity index (χ0) is 23.3. The van der Waals surface area contributed by atoms with Crippen LogP contribution in [0.3, 0.4) is 0 Å². The van der Waals surface area contributed by atoms with Crippen molar-refractivity contribution in [1.82, 2.24) is 24.9 Å². The molecule has 0 aromatic carbocycles. The smallest absolute Gasteiger partial charge is 0.242 e. The lowest BCUT2D eigenvalue weighted by Gasteiger charge is -2.20. The van der Waals surface area contributed by atoms with Crippen LogP contribution in [0.4, 0.5) is 5.69 Å². The number of hydrogen-bond donors (Lipinski definition) is 4. The molecule has 0 radical (unpaired) electrons. The molecule has 3 amide bonds. The third kappa shape index (κ3) is 5.36. The van der Waals surface area contributed by atoms with Crippen LogP contribution in [0.2, 0.25) is 0 Å². The number of nitrogens with two attached hydrogens (primary N) is 2. The van der Waals surface area contributed by atoms with Crippen LogP contribution < -0.4 is 27.0 Å². The minimum absolute atomic E-state index is 0.0748. The first-order valence-corrected chi connectivity index (χ1v) is 10.1. The van der Waals surface area contributed by atoms with Crippen molar-refractivity contribution in [2.45, 2.75) is 25.3 Å². The maximum absolute atomic E-state index is 12.2. The van der Waals surface area contributed by atoms with Gasteiger partial charge in [0, 0.05) is 38.8 Å². The number of nitrogens with zero attached hydrogens (tertiary/aromatic N) is 4. The van der Waals surface area contributed by atoms with Crippen LogP contribution in [0.15, 0.2) is 42.3 Å². The topological polar surface area (TPSA) is 151 Å². The zero-order valence-corrected chi connectivity index (χ0v) is 18.1. The van der Waals surface area contributed by atoms with E-state index in [0.29, 0.717) is 48.0 Å². The normalized spacial score (nSPS) is 14.2. The monoisotopic (exact) mass is 440 g/mol. The van der Waals surface area contributed by atoms with E-state index < -0.39 is 0 Å². The fourth-order valence-electron chi connectivity index (χ4n) is 3.18. The van der Waals surface area contributed by atoms with Crippen LogP contribution >= 0.6 is 0 Å². The molecule has 0 unspecified atom stereocenters. The largest absolute Gasteiger partial charge is 0.403 e. The maximum atomic E-state index is 12.2. The van der Waals surface area contributed by atoms with Gasteiger partial charge in [0.25, 0.3) is 0 Å². The summed E-state index contributed by atoms with van der Waals surface area (Å²) in [6.07, 6.45) is 10.0. The number of imidazole rings is 1. The Morgan fingerprint density at radius 3 is 2.66 bits per heavy atom. The third-order valence-electron chi connectivity index (χ3n) is 5.08. The summed E-state index contributed by atoms with van der Waals surface area (Å²) in [4.78, 5) is 42.1. The van der Waals surface area contributed by atoms with Crippen LogP contribution in [-0.2, 0) is 20.9 Å². The van der Waals surface area contributed by atoms with Crippen molar-refractivity contribution in [3.63, 3.8) is 0 Å². The molecule has 2 aromatic rings. The molecular formula is C21H28N8O3. The molecule has 6 N–H and O–H groups in total. The zero-order valence-electron chi connectivity index (χ0n) is 18.1. The molecular weight excluding hydrogens is 412 g/mol. The first-order chi connectivity index (χ1) is 15.4. The van der Waals surface area contributed by atoms with E-state index in [1.54, 1.807) is 14.1 Å². The summed E-state index contributed by atoms with van der Waals surface area (Å²) in [6.45, 7) is 0.250. The summed E-state index contributed by atoms with van der Waals surface area (Å²) < 4.78 is 1.88. The van der Waals surface area contributed by atoms with Crippen molar-refractivity contribution in [2.75, 3.05) is 25.5 Å². The summed E-state index contributed by atoms with van der Waals surface area (Å²) >= 11 is 0. The van der Waals surface area contributed by atoms with Crippen molar-refractivity contribution >= 4 is 30.1 Å². The molecule has 0 spiro atoms. The van der Waals surface area contributed by atoms with Gasteiger partial charge in [-0.3, -0.25) is 14.4 Å². The molecule has 1 aliphatic carbocycles. The average molecular weight is 441 g/mol. The molecule has 11 nitrogen and oxygen atoms in total. The van der Waals surface area contributed by atoms with Gasteiger partial charge in [-0.1, -0.05) is 0 Å². The Balaban J connectivity index is 1.90. The predicted molar refractivity (Wildman–Crippen MR) is 120 cm³/mol. The molecule has 32 heavy (non-hydrogen) atoms. The van der Waals surface area contributed by atoms with Crippen LogP contribution in [0, 0.1) is 0 Å². The second kappa shape index (κ2) is 9.86. The van der Waals surface area contributed by atoms with E-state index in [1.807, 2.05) is 22.9 Å². The summed E-state index contributed by atoms with van der Waals surface area (Å²) in [5.41, 5.74) is 14.7. The average Bonchev–Trinajstić information content (AvgIpc) is 3.53. The van der Waals surface area contributed by atoms with E-state index in [1.165, 1.54) is 22.1 Å². The highest BCUT2D eigenvalue weighted by atomic mass is 16.2. The van der Waals surface area contributed by atoms with E-state index in [-0.39, 0.29) is 18.3 Å². The van der Waals surface area contributed by atoms with E-state index >= 15 is 0 Å². The van der Waals surface area contributed by atoms with Crippen molar-refractivity contribution in [3.8, 4) is 0 Å². The van der Waals surface area contributed by atoms with Gasteiger partial charge in [-0.25, -0.2) is 4.98 Å². The Labute approximate surface area is 185 Å². The second-order valence-electron chi connectivity index (χ2n) is 7.75. The highest BCUT2D eigenvalue weighted by Crippen LogP contribution is 2.41. The number of rotatable bonds is 11. The fourth-order valence-corrected chi connectivity index (χ4v) is 3.18. The van der Waals surface area contributed by atoms with Crippen LogP contribution in [0.5, 0.6) is 0 Å². The number of hydrogen-bond acceptors (Lipinski definition) is 7. The van der Waals surface area contributed by atoms with Gasteiger partial charge in [-0.15, -0.1) is 0 Å². The van der Waals surface area contributed by atoms with Gasteiger partial charge in [-0.2, -0.15) is 0 Å². The molecule has 1 aliphatic rings. The molecule has 0 aliphatic heterocycles. The quantitative estimate of drug-likeness (QED) is 0.277. The van der Waals surface area contributed by atoms with Gasteiger partial charge < -0.3 is 36.3 Å². The maximum Gasteiger partial charge on any atom is 0.242 e. The molecule has 0 saturated heterocycles. The Kier molecular flexibility index (Phi) is 6.98. The van der Waals surface area contributed by atoms with Gasteiger partial charge in [0.1, 0.15) is 12.4 Å². The van der Waals surface area contributed by atoms with Crippen molar-refractivity contribution in [1.29, 1.82) is 0 Å². The Morgan fingerprint density at radius 1 is 1.31 bits per heavy atom. The van der Waals surface area contributed by atoms with E-state index in [9.17, 15) is 14.4 Å². The van der Waals surface area contributed by atoms with Crippen LogP contribution in [-0.4, -0.2) is 53.7 Å². The SMILES string of the molecule is CN(C)C(=O)CN(C=O)c1cc(C2CC2)cn2cc(CNC(/C=C(\N)NC=O)=C/N)nc12. The van der Waals surface area contributed by atoms with E-state index in [0.717, 1.165) is 18.4 Å². The number of anilines is 1. The summed E-state index contributed by atoms with van der Waals surface area (Å²) in [7, 11) is 3.30. The minimum Gasteiger partial charge on any atom is -0.403 e. The van der Waals surface area contributed by atoms with Crippen LogP contribution in [0.1, 0.15) is 30.0 Å². The molecule has 0 atom stereocenters. The number of likely N-dealkylation sites (N-methyl/N-ethyl adjacent to an activating group) is 1. The van der Waals surface area contributed by atoms with E-state index in [2.05, 4.69) is 15.6 Å². The Hall–Kier alpha value is -4.02. The van der Waals surface area contributed by atoms with Crippen molar-refractivity contribution in [2.24, 2.45) is 11.5 Å². The lowest BCUT2D eigenvalue weighted by atomic mass is 10.1. The molecule has 0 bridgehead atoms. The molecule has 1 saturated carbocycles. The fraction of sp³-hybridized carbons (Fsp3) is 0.333. The predicted octanol–water partition coefficient (Wildman–Crippen LogP) is -0.301. The summed E-state index contributed by atoms with van der Waals surface area (Å²) in [5, 5.41) is 5.43. The third-order valence-corrected chi connectivity index (χ3v) is 5.08. The molecule has 2 heterocycles. The number of carbonyl (C=O) groups is 3. The molecule has 3 rings (SSSR count). The van der Waals surface area contributed by atoms with Gasteiger partial charge in [0.15, 0.2) is 5.65 Å². The number of amides is 3. The number of pyridine rings is 1. The Morgan fingerprint density at radius 2 is 2.06 bits per heavy atom. The number of nitrogens with one attached hydrogen (secondary N) is 2. The van der Waals surface area contributed by atoms with Crippen molar-refractivity contribution < 1.29 is 14.4 Å². The molecule has 11 heteroatoms. The molecule has 2 aromatic heterocycles. The minimum atomic E-state index is -0.188. The molecule has 1 fully saturated rings. The highest BCUT2D eigenvalue weighted by molar-refractivity contribution is 5.92. The first kappa shape index (κ1) is 22.7. The summed E-state index contributed by atoms with van der Waals surface area (Å²) in [5.74, 6) is 0.402. The number of aromatic nitrogens is 2. The van der Waals surface area contributed by atoms with Gasteiger partial charge in [-0.05, 0) is 30.4 Å². The number of carbonyl (C=O) groups excluding carboxylic acids is 3. The van der Waals surface area contributed by atoms with Gasteiger partial charge in [0.05, 0.1) is 23.6 Å².